The van der Waals surface area contributed by atoms with Crippen LogP contribution in [0.5, 0.6) is 0 Å². The third-order valence-electron chi connectivity index (χ3n) is 3.05. The number of sulfonamides is 1. The van der Waals surface area contributed by atoms with Crippen LogP contribution in [0.2, 0.25) is 0 Å². The summed E-state index contributed by atoms with van der Waals surface area (Å²) >= 11 is 0. The average molecular weight is 302 g/mol. The fourth-order valence-corrected chi connectivity index (χ4v) is 3.16. The van der Waals surface area contributed by atoms with Gasteiger partial charge in [0.1, 0.15) is 5.76 Å². The summed E-state index contributed by atoms with van der Waals surface area (Å²) in [6.07, 6.45) is 4.13. The Kier molecular flexibility index (Phi) is 7.26. The second kappa shape index (κ2) is 8.44. The topological polar surface area (TPSA) is 71.3 Å². The monoisotopic (exact) mass is 302 g/mol. The van der Waals surface area contributed by atoms with E-state index in [9.17, 15) is 8.42 Å². The maximum absolute atomic E-state index is 12.1. The number of furan rings is 1. The zero-order valence-electron chi connectivity index (χ0n) is 12.6. The van der Waals surface area contributed by atoms with E-state index < -0.39 is 10.0 Å². The normalized spacial score (nSPS) is 13.6. The second-order valence-corrected chi connectivity index (χ2v) is 6.66. The Balaban J connectivity index is 2.57. The van der Waals surface area contributed by atoms with Crippen molar-refractivity contribution in [1.29, 1.82) is 0 Å². The number of rotatable bonds is 10. The molecule has 0 aliphatic carbocycles. The third kappa shape index (κ3) is 5.64. The van der Waals surface area contributed by atoms with Crippen molar-refractivity contribution in [2.75, 3.05) is 6.54 Å². The van der Waals surface area contributed by atoms with Gasteiger partial charge in [0.05, 0.1) is 6.54 Å². The fraction of sp³-hybridized carbons (Fsp3) is 0.714. The van der Waals surface area contributed by atoms with Crippen molar-refractivity contribution in [2.24, 2.45) is 0 Å². The van der Waals surface area contributed by atoms with Gasteiger partial charge in [-0.2, -0.15) is 0 Å². The highest BCUT2D eigenvalue weighted by Crippen LogP contribution is 2.15. The van der Waals surface area contributed by atoms with Crippen LogP contribution in [0.4, 0.5) is 0 Å². The van der Waals surface area contributed by atoms with Crippen LogP contribution in [0, 0.1) is 0 Å². The number of hydrogen-bond donors (Lipinski definition) is 2. The molecule has 20 heavy (non-hydrogen) atoms. The molecule has 0 spiro atoms. The minimum Gasteiger partial charge on any atom is -0.447 e. The summed E-state index contributed by atoms with van der Waals surface area (Å²) in [6.45, 7) is 7.35. The molecule has 5 nitrogen and oxygen atoms in total. The van der Waals surface area contributed by atoms with E-state index in [1.54, 1.807) is 6.07 Å². The van der Waals surface area contributed by atoms with Crippen LogP contribution in [0.25, 0.3) is 0 Å². The van der Waals surface area contributed by atoms with Crippen LogP contribution in [0.3, 0.4) is 0 Å². The predicted octanol–water partition coefficient (Wildman–Crippen LogP) is 2.64. The van der Waals surface area contributed by atoms with E-state index in [1.807, 2.05) is 13.8 Å². The first-order chi connectivity index (χ1) is 9.49. The molecule has 1 heterocycles. The molecule has 0 aliphatic heterocycles. The maximum Gasteiger partial charge on any atom is 0.274 e. The van der Waals surface area contributed by atoms with Gasteiger partial charge >= 0.3 is 0 Å². The molecule has 1 rings (SSSR count). The van der Waals surface area contributed by atoms with Crippen molar-refractivity contribution in [1.82, 2.24) is 10.0 Å². The summed E-state index contributed by atoms with van der Waals surface area (Å²) in [5.41, 5.74) is 0. The zero-order chi connectivity index (χ0) is 15.0. The number of hydrogen-bond acceptors (Lipinski definition) is 4. The summed E-state index contributed by atoms with van der Waals surface area (Å²) in [4.78, 5) is 0. The first-order valence-electron chi connectivity index (χ1n) is 7.31. The molecule has 0 amide bonds. The van der Waals surface area contributed by atoms with Crippen molar-refractivity contribution >= 4 is 10.0 Å². The number of unbranched alkanes of at least 4 members (excludes halogenated alkanes) is 2. The molecule has 1 unspecified atom stereocenters. The Morgan fingerprint density at radius 3 is 2.65 bits per heavy atom. The van der Waals surface area contributed by atoms with E-state index in [4.69, 9.17) is 4.42 Å². The molecule has 1 aromatic heterocycles. The SMILES string of the molecule is CCCCCC(C)NS(=O)(=O)c1ccc(CNCC)o1. The zero-order valence-corrected chi connectivity index (χ0v) is 13.4. The number of nitrogens with one attached hydrogen (secondary N) is 2. The van der Waals surface area contributed by atoms with Gasteiger partial charge in [0.25, 0.3) is 10.0 Å². The third-order valence-corrected chi connectivity index (χ3v) is 4.51. The summed E-state index contributed by atoms with van der Waals surface area (Å²) in [5, 5.41) is 3.09. The van der Waals surface area contributed by atoms with Gasteiger partial charge in [0, 0.05) is 6.04 Å². The average Bonchev–Trinajstić information content (AvgIpc) is 2.85. The van der Waals surface area contributed by atoms with Gasteiger partial charge in [-0.15, -0.1) is 0 Å². The minimum absolute atomic E-state index is 0.00672. The van der Waals surface area contributed by atoms with E-state index in [2.05, 4.69) is 17.0 Å². The smallest absolute Gasteiger partial charge is 0.274 e. The van der Waals surface area contributed by atoms with Gasteiger partial charge < -0.3 is 9.73 Å². The Labute approximate surface area is 122 Å². The maximum atomic E-state index is 12.1. The van der Waals surface area contributed by atoms with E-state index in [1.165, 1.54) is 6.07 Å². The lowest BCUT2D eigenvalue weighted by Crippen LogP contribution is -2.32. The quantitative estimate of drug-likeness (QED) is 0.652. The van der Waals surface area contributed by atoms with Crippen LogP contribution in [0.1, 0.15) is 52.2 Å². The molecule has 1 aromatic rings. The van der Waals surface area contributed by atoms with E-state index in [0.29, 0.717) is 12.3 Å². The van der Waals surface area contributed by atoms with Crippen molar-refractivity contribution in [3.05, 3.63) is 17.9 Å². The molecule has 6 heteroatoms. The summed E-state index contributed by atoms with van der Waals surface area (Å²) in [5.74, 6) is 0.630. The van der Waals surface area contributed by atoms with E-state index in [0.717, 1.165) is 32.2 Å². The first kappa shape index (κ1) is 17.2. The lowest BCUT2D eigenvalue weighted by molar-refractivity contribution is 0.398. The molecular formula is C14H26N2O3S. The van der Waals surface area contributed by atoms with E-state index in [-0.39, 0.29) is 11.1 Å². The summed E-state index contributed by atoms with van der Waals surface area (Å²) in [6, 6.07) is 3.13. The summed E-state index contributed by atoms with van der Waals surface area (Å²) in [7, 11) is -3.55. The lowest BCUT2D eigenvalue weighted by atomic mass is 10.1. The van der Waals surface area contributed by atoms with Crippen LogP contribution >= 0.6 is 0 Å². The second-order valence-electron chi connectivity index (χ2n) is 5.02. The predicted molar refractivity (Wildman–Crippen MR) is 80.0 cm³/mol. The minimum atomic E-state index is -3.55. The molecule has 116 valence electrons. The van der Waals surface area contributed by atoms with E-state index >= 15 is 0 Å². The molecule has 0 saturated heterocycles. The van der Waals surface area contributed by atoms with Crippen LogP contribution < -0.4 is 10.0 Å². The Morgan fingerprint density at radius 1 is 1.25 bits per heavy atom. The highest BCUT2D eigenvalue weighted by Gasteiger charge is 2.20. The molecule has 0 aromatic carbocycles. The molecule has 2 N–H and O–H groups in total. The highest BCUT2D eigenvalue weighted by molar-refractivity contribution is 7.89. The van der Waals surface area contributed by atoms with Gasteiger partial charge in [-0.3, -0.25) is 0 Å². The van der Waals surface area contributed by atoms with Crippen LogP contribution in [-0.4, -0.2) is 21.0 Å². The van der Waals surface area contributed by atoms with Gasteiger partial charge in [0.2, 0.25) is 5.09 Å². The van der Waals surface area contributed by atoms with Gasteiger partial charge in [0.15, 0.2) is 0 Å². The van der Waals surface area contributed by atoms with Gasteiger partial charge in [-0.05, 0) is 32.0 Å². The highest BCUT2D eigenvalue weighted by atomic mass is 32.2. The van der Waals surface area contributed by atoms with Gasteiger partial charge in [-0.25, -0.2) is 13.1 Å². The molecule has 0 fully saturated rings. The largest absolute Gasteiger partial charge is 0.447 e. The molecular weight excluding hydrogens is 276 g/mol. The first-order valence-corrected chi connectivity index (χ1v) is 8.79. The molecule has 0 aliphatic rings. The van der Waals surface area contributed by atoms with Crippen LogP contribution in [-0.2, 0) is 16.6 Å². The molecule has 1 atom stereocenters. The molecule has 0 bridgehead atoms. The lowest BCUT2D eigenvalue weighted by Gasteiger charge is -2.12. The Hall–Kier alpha value is -0.850. The Morgan fingerprint density at radius 2 is 2.00 bits per heavy atom. The fourth-order valence-electron chi connectivity index (χ4n) is 1.93. The Bertz CT molecular complexity index is 482. The molecule has 0 saturated carbocycles. The van der Waals surface area contributed by atoms with Gasteiger partial charge in [-0.1, -0.05) is 33.1 Å². The van der Waals surface area contributed by atoms with Crippen molar-refractivity contribution < 1.29 is 12.8 Å². The van der Waals surface area contributed by atoms with Crippen molar-refractivity contribution in [3.8, 4) is 0 Å². The van der Waals surface area contributed by atoms with Crippen molar-refractivity contribution in [3.63, 3.8) is 0 Å². The standard InChI is InChI=1S/C14H26N2O3S/c1-4-6-7-8-12(3)16-20(17,18)14-10-9-13(19-14)11-15-5-2/h9-10,12,15-16H,4-8,11H2,1-3H3. The van der Waals surface area contributed by atoms with Crippen molar-refractivity contribution in [2.45, 2.75) is 64.1 Å². The summed E-state index contributed by atoms with van der Waals surface area (Å²) < 4.78 is 32.3. The van der Waals surface area contributed by atoms with Crippen LogP contribution in [0.15, 0.2) is 21.6 Å². The molecule has 0 radical (unpaired) electrons.